The number of fused-ring (bicyclic) bond motifs is 1. The quantitative estimate of drug-likeness (QED) is 0.395. The van der Waals surface area contributed by atoms with E-state index in [1.165, 1.54) is 61.1 Å². The molecule has 11 heteroatoms. The number of H-pyrrole nitrogens is 1. The number of Topliss-reactive ketones (excluding diaryl/α,β-unsaturated/α-hetero) is 1. The van der Waals surface area contributed by atoms with Crippen LogP contribution in [-0.4, -0.2) is 85.4 Å². The number of pyridine rings is 1. The van der Waals surface area contributed by atoms with Crippen LogP contribution in [-0.2, 0) is 9.59 Å². The van der Waals surface area contributed by atoms with Crippen LogP contribution >= 0.6 is 0 Å². The number of hydrogen-bond donors (Lipinski definition) is 1. The number of aryl methyl sites for hydroxylation is 1. The van der Waals surface area contributed by atoms with Crippen molar-refractivity contribution in [2.45, 2.75) is 45.4 Å². The van der Waals surface area contributed by atoms with Gasteiger partial charge in [0.05, 0.1) is 29.8 Å². The number of hydrogen-bond acceptors (Lipinski definition) is 7. The fraction of sp³-hybridized carbons (Fsp3) is 0.520. The summed E-state index contributed by atoms with van der Waals surface area (Å²) in [4.78, 5) is 54.0. The van der Waals surface area contributed by atoms with Crippen LogP contribution in [0.4, 0.5) is 0 Å². The molecule has 1 N–H and O–H groups in total. The minimum atomic E-state index is -0.632. The summed E-state index contributed by atoms with van der Waals surface area (Å²) in [5.41, 5.74) is 0.732. The SMILES string of the molecule is COc1cnc(-n2cnc(C)n2)c2[nH]cc(C(=O)C(=O)N3CCN(C(=O)CCC4CCCC4)CC3)c12. The molecule has 0 aromatic carbocycles. The van der Waals surface area contributed by atoms with Crippen molar-refractivity contribution < 1.29 is 19.1 Å². The largest absolute Gasteiger partial charge is 0.494 e. The van der Waals surface area contributed by atoms with Gasteiger partial charge < -0.3 is 19.5 Å². The molecule has 0 bridgehead atoms. The highest BCUT2D eigenvalue weighted by molar-refractivity contribution is 6.45. The Morgan fingerprint density at radius 2 is 1.81 bits per heavy atom. The van der Waals surface area contributed by atoms with Gasteiger partial charge in [-0.05, 0) is 19.3 Å². The Morgan fingerprint density at radius 3 is 2.47 bits per heavy atom. The lowest BCUT2D eigenvalue weighted by Gasteiger charge is -2.34. The molecule has 1 saturated carbocycles. The number of ether oxygens (including phenoxy) is 1. The molecule has 5 rings (SSSR count). The minimum Gasteiger partial charge on any atom is -0.494 e. The highest BCUT2D eigenvalue weighted by Gasteiger charge is 2.31. The average Bonchev–Trinajstić information content (AvgIpc) is 3.67. The van der Waals surface area contributed by atoms with Gasteiger partial charge in [0.1, 0.15) is 17.9 Å². The van der Waals surface area contributed by atoms with E-state index in [1.54, 1.807) is 6.92 Å². The summed E-state index contributed by atoms with van der Waals surface area (Å²) in [6.45, 7) is 3.33. The lowest BCUT2D eigenvalue weighted by atomic mass is 10.0. The number of rotatable bonds is 7. The van der Waals surface area contributed by atoms with Crippen molar-refractivity contribution in [1.29, 1.82) is 0 Å². The third-order valence-corrected chi connectivity index (χ3v) is 7.30. The molecule has 11 nitrogen and oxygen atoms in total. The van der Waals surface area contributed by atoms with Gasteiger partial charge in [-0.2, -0.15) is 5.10 Å². The Kier molecular flexibility index (Phi) is 6.71. The lowest BCUT2D eigenvalue weighted by Crippen LogP contribution is -2.52. The molecule has 0 spiro atoms. The summed E-state index contributed by atoms with van der Waals surface area (Å²) in [6, 6.07) is 0. The van der Waals surface area contributed by atoms with E-state index in [-0.39, 0.29) is 11.5 Å². The second kappa shape index (κ2) is 10.1. The van der Waals surface area contributed by atoms with Crippen LogP contribution in [0.25, 0.3) is 16.7 Å². The molecule has 36 heavy (non-hydrogen) atoms. The maximum absolute atomic E-state index is 13.3. The summed E-state index contributed by atoms with van der Waals surface area (Å²) in [5, 5.41) is 4.76. The first-order valence-electron chi connectivity index (χ1n) is 12.5. The molecule has 0 unspecified atom stereocenters. The van der Waals surface area contributed by atoms with Crippen LogP contribution in [0, 0.1) is 12.8 Å². The summed E-state index contributed by atoms with van der Waals surface area (Å²) in [5.74, 6) is 0.994. The van der Waals surface area contributed by atoms with Gasteiger partial charge >= 0.3 is 0 Å². The van der Waals surface area contributed by atoms with Crippen LogP contribution in [0.3, 0.4) is 0 Å². The smallest absolute Gasteiger partial charge is 0.295 e. The maximum atomic E-state index is 13.3. The number of nitrogens with zero attached hydrogens (tertiary/aromatic N) is 6. The number of methoxy groups -OCH3 is 1. The standard InChI is InChI=1S/C25H31N7O4/c1-16-28-15-32(29-16)24-22-21(19(36-2)14-27-24)18(13-26-22)23(34)25(35)31-11-9-30(10-12-31)20(33)8-7-17-5-3-4-6-17/h13-15,17,26H,3-12H2,1-2H3. The first kappa shape index (κ1) is 24.0. The van der Waals surface area contributed by atoms with E-state index >= 15 is 0 Å². The van der Waals surface area contributed by atoms with Crippen LogP contribution in [0.15, 0.2) is 18.7 Å². The predicted molar refractivity (Wildman–Crippen MR) is 131 cm³/mol. The van der Waals surface area contributed by atoms with Gasteiger partial charge in [0, 0.05) is 38.8 Å². The first-order chi connectivity index (χ1) is 17.5. The fourth-order valence-corrected chi connectivity index (χ4v) is 5.26. The van der Waals surface area contributed by atoms with Crippen molar-refractivity contribution in [3.8, 4) is 11.6 Å². The number of carbonyl (C=O) groups excluding carboxylic acids is 3. The third kappa shape index (κ3) is 4.57. The van der Waals surface area contributed by atoms with E-state index in [0.717, 1.165) is 6.42 Å². The van der Waals surface area contributed by atoms with Gasteiger partial charge in [0.2, 0.25) is 5.91 Å². The molecular formula is C25H31N7O4. The van der Waals surface area contributed by atoms with Gasteiger partial charge in [-0.25, -0.2) is 14.6 Å². The second-order valence-corrected chi connectivity index (χ2v) is 9.53. The maximum Gasteiger partial charge on any atom is 0.295 e. The Bertz CT molecular complexity index is 1280. The average molecular weight is 494 g/mol. The van der Waals surface area contributed by atoms with Crippen molar-refractivity contribution in [3.05, 3.63) is 30.1 Å². The number of ketones is 1. The summed E-state index contributed by atoms with van der Waals surface area (Å²) in [7, 11) is 1.49. The van der Waals surface area contributed by atoms with Gasteiger partial charge in [0.15, 0.2) is 5.82 Å². The molecule has 2 aliphatic rings. The summed E-state index contributed by atoms with van der Waals surface area (Å²) < 4.78 is 6.96. The van der Waals surface area contributed by atoms with E-state index in [4.69, 9.17) is 4.74 Å². The van der Waals surface area contributed by atoms with Crippen LogP contribution in [0.1, 0.15) is 54.7 Å². The molecule has 2 amide bonds. The van der Waals surface area contributed by atoms with E-state index < -0.39 is 11.7 Å². The Hall–Kier alpha value is -3.76. The zero-order chi connectivity index (χ0) is 25.2. The molecule has 4 heterocycles. The molecule has 0 atom stereocenters. The molecule has 1 aliphatic heterocycles. The van der Waals surface area contributed by atoms with Gasteiger partial charge in [-0.3, -0.25) is 14.4 Å². The normalized spacial score (nSPS) is 16.6. The van der Waals surface area contributed by atoms with Crippen molar-refractivity contribution >= 4 is 28.5 Å². The molecular weight excluding hydrogens is 462 g/mol. The summed E-state index contributed by atoms with van der Waals surface area (Å²) in [6.07, 6.45) is 11.1. The number of amides is 2. The van der Waals surface area contributed by atoms with Crippen LogP contribution in [0.2, 0.25) is 0 Å². The van der Waals surface area contributed by atoms with Crippen LogP contribution in [0.5, 0.6) is 5.75 Å². The molecule has 1 aliphatic carbocycles. The van der Waals surface area contributed by atoms with E-state index in [0.29, 0.717) is 66.8 Å². The Balaban J connectivity index is 1.28. The van der Waals surface area contributed by atoms with Crippen molar-refractivity contribution in [1.82, 2.24) is 34.5 Å². The van der Waals surface area contributed by atoms with Gasteiger partial charge in [0.25, 0.3) is 11.7 Å². The second-order valence-electron chi connectivity index (χ2n) is 9.53. The lowest BCUT2D eigenvalue weighted by molar-refractivity contribution is -0.137. The van der Waals surface area contributed by atoms with E-state index in [1.807, 2.05) is 4.90 Å². The molecule has 0 radical (unpaired) electrons. The minimum absolute atomic E-state index is 0.144. The van der Waals surface area contributed by atoms with E-state index in [2.05, 4.69) is 20.1 Å². The highest BCUT2D eigenvalue weighted by atomic mass is 16.5. The summed E-state index contributed by atoms with van der Waals surface area (Å²) >= 11 is 0. The first-order valence-corrected chi connectivity index (χ1v) is 12.5. The van der Waals surface area contributed by atoms with Gasteiger partial charge in [-0.1, -0.05) is 25.7 Å². The zero-order valence-electron chi connectivity index (χ0n) is 20.7. The molecule has 2 fully saturated rings. The van der Waals surface area contributed by atoms with Gasteiger partial charge in [-0.15, -0.1) is 0 Å². The topological polar surface area (TPSA) is 126 Å². The predicted octanol–water partition coefficient (Wildman–Crippen LogP) is 2.28. The molecule has 3 aromatic rings. The number of nitrogens with one attached hydrogen (secondary N) is 1. The van der Waals surface area contributed by atoms with Crippen molar-refractivity contribution in [2.24, 2.45) is 5.92 Å². The molecule has 190 valence electrons. The zero-order valence-corrected chi connectivity index (χ0v) is 20.7. The number of aromatic amines is 1. The van der Waals surface area contributed by atoms with Crippen molar-refractivity contribution in [3.63, 3.8) is 0 Å². The van der Waals surface area contributed by atoms with Crippen molar-refractivity contribution in [2.75, 3.05) is 33.3 Å². The highest BCUT2D eigenvalue weighted by Crippen LogP contribution is 2.32. The fourth-order valence-electron chi connectivity index (χ4n) is 5.26. The molecule has 1 saturated heterocycles. The Morgan fingerprint density at radius 1 is 1.08 bits per heavy atom. The molecule has 3 aromatic heterocycles. The Labute approximate surface area is 208 Å². The number of aromatic nitrogens is 5. The number of carbonyl (C=O) groups is 3. The monoisotopic (exact) mass is 493 g/mol. The van der Waals surface area contributed by atoms with Crippen LogP contribution < -0.4 is 4.74 Å². The number of piperazine rings is 1. The third-order valence-electron chi connectivity index (χ3n) is 7.30. The van der Waals surface area contributed by atoms with E-state index in [9.17, 15) is 14.4 Å².